The molecule has 0 bridgehead atoms. The van der Waals surface area contributed by atoms with Gasteiger partial charge in [0.05, 0.1) is 21.9 Å². The third kappa shape index (κ3) is 7.13. The number of hydrogen-bond donors (Lipinski definition) is 3. The van der Waals surface area contributed by atoms with Crippen molar-refractivity contribution in [2.24, 2.45) is 0 Å². The Hall–Kier alpha value is -2.72. The molecule has 0 aliphatic heterocycles. The molecule has 0 aromatic heterocycles. The largest absolute Gasteiger partial charge is 0.481 e. The maximum Gasteiger partial charge on any atom is 0.313 e. The molecule has 33 heavy (non-hydrogen) atoms. The number of sulfonamides is 1. The van der Waals surface area contributed by atoms with E-state index < -0.39 is 21.9 Å². The minimum atomic E-state index is -4.00. The smallest absolute Gasteiger partial charge is 0.313 e. The Balaban J connectivity index is 1.78. The zero-order chi connectivity index (χ0) is 24.0. The third-order valence-corrected chi connectivity index (χ3v) is 7.16. The number of carboxylic acid groups (broad SMARTS) is 1. The van der Waals surface area contributed by atoms with Gasteiger partial charge < -0.3 is 10.4 Å². The number of benzene rings is 3. The number of carbonyl (C=O) groups is 2. The average molecular weight is 525 g/mol. The first kappa shape index (κ1) is 24.9. The highest BCUT2D eigenvalue weighted by atomic mass is 35.5. The lowest BCUT2D eigenvalue weighted by Gasteiger charge is -2.14. The first-order chi connectivity index (χ1) is 15.6. The van der Waals surface area contributed by atoms with E-state index in [1.165, 1.54) is 42.1 Å². The van der Waals surface area contributed by atoms with Crippen LogP contribution in [0.5, 0.6) is 0 Å². The van der Waals surface area contributed by atoms with Crippen molar-refractivity contribution in [3.63, 3.8) is 0 Å². The predicted molar refractivity (Wildman–Crippen MR) is 132 cm³/mol. The Morgan fingerprint density at radius 2 is 1.55 bits per heavy atom. The second-order valence-corrected chi connectivity index (χ2v) is 10.3. The van der Waals surface area contributed by atoms with Crippen LogP contribution in [-0.2, 0) is 20.6 Å². The van der Waals surface area contributed by atoms with Crippen molar-refractivity contribution in [2.45, 2.75) is 10.6 Å². The normalized spacial score (nSPS) is 11.1. The molecule has 1 amide bonds. The molecule has 172 valence electrons. The summed E-state index contributed by atoms with van der Waals surface area (Å²) in [5, 5.41) is 12.2. The second kappa shape index (κ2) is 10.9. The van der Waals surface area contributed by atoms with Gasteiger partial charge in [0.1, 0.15) is 0 Å². The fourth-order valence-corrected chi connectivity index (χ4v) is 4.83. The molecule has 0 atom stereocenters. The minimum absolute atomic E-state index is 0.00602. The summed E-state index contributed by atoms with van der Waals surface area (Å²) in [4.78, 5) is 23.4. The van der Waals surface area contributed by atoms with Gasteiger partial charge in [0.15, 0.2) is 0 Å². The Kier molecular flexibility index (Phi) is 8.25. The Labute approximate surface area is 205 Å². The van der Waals surface area contributed by atoms with E-state index in [0.29, 0.717) is 16.5 Å². The van der Waals surface area contributed by atoms with E-state index in [9.17, 15) is 18.0 Å². The summed E-state index contributed by atoms with van der Waals surface area (Å²) < 4.78 is 28.2. The summed E-state index contributed by atoms with van der Waals surface area (Å²) in [6.45, 7) is 0. The fourth-order valence-electron chi connectivity index (χ4n) is 2.75. The number of aliphatic carboxylic acids is 1. The number of rotatable bonds is 9. The molecule has 3 N–H and O–H groups in total. The molecule has 3 aromatic rings. The number of nitrogens with one attached hydrogen (secondary N) is 2. The summed E-state index contributed by atoms with van der Waals surface area (Å²) in [6, 6.07) is 16.8. The van der Waals surface area contributed by atoms with E-state index in [4.69, 9.17) is 28.3 Å². The molecule has 0 saturated heterocycles. The summed E-state index contributed by atoms with van der Waals surface area (Å²) in [5.41, 5.74) is 1.37. The van der Waals surface area contributed by atoms with Gasteiger partial charge in [0.25, 0.3) is 15.9 Å². The standard InChI is InChI=1S/C22H18Cl2N2O5S2/c23-15-3-6-17(7-4-15)25-22(29)19-11-16(24)5-10-20(19)26-33(30,31)18-8-1-14(2-9-18)12-32-13-21(27)28/h1-11,26H,12-13H2,(H,25,29)(H,27,28). The van der Waals surface area contributed by atoms with E-state index in [0.717, 1.165) is 5.56 Å². The molecule has 7 nitrogen and oxygen atoms in total. The van der Waals surface area contributed by atoms with Gasteiger partial charge in [0.2, 0.25) is 0 Å². The van der Waals surface area contributed by atoms with Crippen molar-refractivity contribution in [3.8, 4) is 0 Å². The molecular formula is C22H18Cl2N2O5S2. The van der Waals surface area contributed by atoms with Crippen LogP contribution in [0.4, 0.5) is 11.4 Å². The Bertz CT molecular complexity index is 1260. The summed E-state index contributed by atoms with van der Waals surface area (Å²) >= 11 is 13.1. The Morgan fingerprint density at radius 3 is 2.18 bits per heavy atom. The lowest BCUT2D eigenvalue weighted by molar-refractivity contribution is -0.133. The van der Waals surface area contributed by atoms with Gasteiger partial charge in [-0.2, -0.15) is 0 Å². The lowest BCUT2D eigenvalue weighted by Crippen LogP contribution is -2.18. The van der Waals surface area contributed by atoms with E-state index in [1.54, 1.807) is 36.4 Å². The fraction of sp³-hybridized carbons (Fsp3) is 0.0909. The molecule has 0 radical (unpaired) electrons. The van der Waals surface area contributed by atoms with Crippen LogP contribution < -0.4 is 10.0 Å². The van der Waals surface area contributed by atoms with Gasteiger partial charge in [-0.3, -0.25) is 14.3 Å². The van der Waals surface area contributed by atoms with Gasteiger partial charge in [0, 0.05) is 21.5 Å². The van der Waals surface area contributed by atoms with E-state index in [-0.39, 0.29) is 26.9 Å². The monoisotopic (exact) mass is 524 g/mol. The van der Waals surface area contributed by atoms with Crippen LogP contribution in [0.1, 0.15) is 15.9 Å². The predicted octanol–water partition coefficient (Wildman–Crippen LogP) is 5.36. The van der Waals surface area contributed by atoms with Gasteiger partial charge in [-0.15, -0.1) is 11.8 Å². The number of amides is 1. The summed E-state index contributed by atoms with van der Waals surface area (Å²) in [6.07, 6.45) is 0. The van der Waals surface area contributed by atoms with Crippen molar-refractivity contribution in [1.29, 1.82) is 0 Å². The van der Waals surface area contributed by atoms with Gasteiger partial charge >= 0.3 is 5.97 Å². The van der Waals surface area contributed by atoms with Crippen LogP contribution >= 0.6 is 35.0 Å². The van der Waals surface area contributed by atoms with Crippen molar-refractivity contribution in [1.82, 2.24) is 0 Å². The molecule has 0 saturated carbocycles. The van der Waals surface area contributed by atoms with Crippen molar-refractivity contribution in [2.75, 3.05) is 15.8 Å². The first-order valence-electron chi connectivity index (χ1n) is 9.42. The SMILES string of the molecule is O=C(O)CSCc1ccc(S(=O)(=O)Nc2ccc(Cl)cc2C(=O)Nc2ccc(Cl)cc2)cc1. The Morgan fingerprint density at radius 1 is 0.909 bits per heavy atom. The number of carbonyl (C=O) groups excluding carboxylic acids is 1. The highest BCUT2D eigenvalue weighted by Crippen LogP contribution is 2.26. The molecule has 0 heterocycles. The lowest BCUT2D eigenvalue weighted by atomic mass is 10.1. The number of halogens is 2. The highest BCUT2D eigenvalue weighted by molar-refractivity contribution is 7.99. The van der Waals surface area contributed by atoms with E-state index in [2.05, 4.69) is 10.0 Å². The van der Waals surface area contributed by atoms with Gasteiger partial charge in [-0.25, -0.2) is 8.42 Å². The molecule has 0 unspecified atom stereocenters. The molecular weight excluding hydrogens is 507 g/mol. The molecule has 0 aliphatic rings. The van der Waals surface area contributed by atoms with Crippen LogP contribution in [0, 0.1) is 0 Å². The van der Waals surface area contributed by atoms with Crippen molar-refractivity contribution >= 4 is 68.2 Å². The van der Waals surface area contributed by atoms with Crippen molar-refractivity contribution in [3.05, 3.63) is 87.9 Å². The summed E-state index contributed by atoms with van der Waals surface area (Å²) in [5.74, 6) is -1.07. The van der Waals surface area contributed by atoms with Crippen LogP contribution in [-0.4, -0.2) is 31.2 Å². The molecule has 3 aromatic carbocycles. The van der Waals surface area contributed by atoms with Crippen LogP contribution in [0.15, 0.2) is 71.6 Å². The maximum absolute atomic E-state index is 12.9. The van der Waals surface area contributed by atoms with Crippen LogP contribution in [0.3, 0.4) is 0 Å². The van der Waals surface area contributed by atoms with Crippen LogP contribution in [0.25, 0.3) is 0 Å². The number of carboxylic acids is 1. The number of thioether (sulfide) groups is 1. The maximum atomic E-state index is 12.9. The van der Waals surface area contributed by atoms with E-state index >= 15 is 0 Å². The molecule has 0 fully saturated rings. The van der Waals surface area contributed by atoms with Gasteiger partial charge in [-0.05, 0) is 60.2 Å². The summed E-state index contributed by atoms with van der Waals surface area (Å²) in [7, 11) is -4.00. The third-order valence-electron chi connectivity index (χ3n) is 4.30. The molecule has 11 heteroatoms. The topological polar surface area (TPSA) is 113 Å². The van der Waals surface area contributed by atoms with E-state index in [1.807, 2.05) is 0 Å². The molecule has 0 spiro atoms. The number of anilines is 2. The second-order valence-electron chi connectivity index (χ2n) is 6.79. The van der Waals surface area contributed by atoms with Crippen molar-refractivity contribution < 1.29 is 23.1 Å². The quantitative estimate of drug-likeness (QED) is 0.347. The molecule has 3 rings (SSSR count). The highest BCUT2D eigenvalue weighted by Gasteiger charge is 2.19. The average Bonchev–Trinajstić information content (AvgIpc) is 2.76. The zero-order valence-electron chi connectivity index (χ0n) is 16.9. The van der Waals surface area contributed by atoms with Crippen LogP contribution in [0.2, 0.25) is 10.0 Å². The minimum Gasteiger partial charge on any atom is -0.481 e. The first-order valence-corrected chi connectivity index (χ1v) is 12.8. The number of hydrogen-bond acceptors (Lipinski definition) is 5. The van der Waals surface area contributed by atoms with Gasteiger partial charge in [-0.1, -0.05) is 35.3 Å². The molecule has 0 aliphatic carbocycles. The zero-order valence-corrected chi connectivity index (χ0v) is 20.1.